The molecule has 1 aliphatic heterocycles. The minimum Gasteiger partial charge on any atom is -0.480 e. The SMILES string of the molecule is O=C(O)CN1C(NC(=O)OCc2ccccc2)CS(=O)CCC1c1ccccc1. The van der Waals surface area contributed by atoms with Crippen LogP contribution in [0.15, 0.2) is 60.7 Å². The maximum atomic E-state index is 12.4. The fraction of sp³-hybridized carbons (Fsp3) is 0.333. The van der Waals surface area contributed by atoms with Crippen molar-refractivity contribution in [2.45, 2.75) is 25.2 Å². The smallest absolute Gasteiger partial charge is 0.408 e. The molecule has 3 atom stereocenters. The van der Waals surface area contributed by atoms with Crippen LogP contribution in [-0.2, 0) is 26.9 Å². The number of nitrogens with one attached hydrogen (secondary N) is 1. The van der Waals surface area contributed by atoms with Crippen molar-refractivity contribution in [3.05, 3.63) is 71.8 Å². The number of ether oxygens (including phenoxy) is 1. The molecule has 2 aromatic carbocycles. The molecule has 0 radical (unpaired) electrons. The Kier molecular flexibility index (Phi) is 7.37. The second-order valence-corrected chi connectivity index (χ2v) is 8.43. The quantitative estimate of drug-likeness (QED) is 0.751. The van der Waals surface area contributed by atoms with Crippen molar-refractivity contribution in [1.29, 1.82) is 0 Å². The molecule has 8 heteroatoms. The Labute approximate surface area is 172 Å². The Morgan fingerprint density at radius 1 is 1.10 bits per heavy atom. The second-order valence-electron chi connectivity index (χ2n) is 6.81. The number of carboxylic acid groups (broad SMARTS) is 1. The fourth-order valence-corrected chi connectivity index (χ4v) is 4.70. The number of hydrogen-bond acceptors (Lipinski definition) is 5. The largest absolute Gasteiger partial charge is 0.480 e. The van der Waals surface area contributed by atoms with Crippen molar-refractivity contribution >= 4 is 22.9 Å². The number of carbonyl (C=O) groups excluding carboxylic acids is 1. The summed E-state index contributed by atoms with van der Waals surface area (Å²) in [4.78, 5) is 25.6. The number of rotatable bonds is 6. The van der Waals surface area contributed by atoms with E-state index in [0.717, 1.165) is 11.1 Å². The number of carboxylic acids is 1. The van der Waals surface area contributed by atoms with Gasteiger partial charge in [-0.2, -0.15) is 0 Å². The molecule has 0 aromatic heterocycles. The summed E-state index contributed by atoms with van der Waals surface area (Å²) in [5.41, 5.74) is 1.77. The number of amides is 1. The van der Waals surface area contributed by atoms with Crippen molar-refractivity contribution < 1.29 is 23.6 Å². The van der Waals surface area contributed by atoms with E-state index >= 15 is 0 Å². The molecule has 2 aromatic rings. The highest BCUT2D eigenvalue weighted by atomic mass is 32.2. The lowest BCUT2D eigenvalue weighted by molar-refractivity contribution is -0.139. The summed E-state index contributed by atoms with van der Waals surface area (Å²) in [6.07, 6.45) is -0.830. The third kappa shape index (κ3) is 6.13. The van der Waals surface area contributed by atoms with Crippen LogP contribution in [0, 0.1) is 0 Å². The van der Waals surface area contributed by atoms with Crippen LogP contribution in [0.5, 0.6) is 0 Å². The number of benzene rings is 2. The molecule has 154 valence electrons. The molecular weight excluding hydrogens is 392 g/mol. The van der Waals surface area contributed by atoms with Crippen LogP contribution in [0.4, 0.5) is 4.79 Å². The van der Waals surface area contributed by atoms with Crippen LogP contribution in [-0.4, -0.2) is 50.5 Å². The summed E-state index contributed by atoms with van der Waals surface area (Å²) in [6, 6.07) is 18.5. The van der Waals surface area contributed by atoms with E-state index in [1.165, 1.54) is 0 Å². The molecule has 3 unspecified atom stereocenters. The lowest BCUT2D eigenvalue weighted by Gasteiger charge is -2.35. The predicted molar refractivity (Wildman–Crippen MR) is 110 cm³/mol. The summed E-state index contributed by atoms with van der Waals surface area (Å²) in [6.45, 7) is -0.177. The summed E-state index contributed by atoms with van der Waals surface area (Å²) < 4.78 is 17.7. The van der Waals surface area contributed by atoms with E-state index in [1.807, 2.05) is 60.7 Å². The molecule has 29 heavy (non-hydrogen) atoms. The number of carbonyl (C=O) groups is 2. The van der Waals surface area contributed by atoms with E-state index < -0.39 is 29.0 Å². The molecule has 2 N–H and O–H groups in total. The van der Waals surface area contributed by atoms with E-state index in [2.05, 4.69) is 5.32 Å². The predicted octanol–water partition coefficient (Wildman–Crippen LogP) is 2.52. The fourth-order valence-electron chi connectivity index (χ4n) is 3.42. The van der Waals surface area contributed by atoms with E-state index in [1.54, 1.807) is 4.90 Å². The van der Waals surface area contributed by atoms with Gasteiger partial charge in [0.1, 0.15) is 6.61 Å². The van der Waals surface area contributed by atoms with Crippen molar-refractivity contribution in [3.8, 4) is 0 Å². The topological polar surface area (TPSA) is 95.9 Å². The van der Waals surface area contributed by atoms with Gasteiger partial charge in [0, 0.05) is 22.6 Å². The van der Waals surface area contributed by atoms with Gasteiger partial charge in [-0.3, -0.25) is 13.9 Å². The van der Waals surface area contributed by atoms with Crippen LogP contribution in [0.2, 0.25) is 0 Å². The van der Waals surface area contributed by atoms with Crippen LogP contribution < -0.4 is 5.32 Å². The summed E-state index contributed by atoms with van der Waals surface area (Å²) in [5, 5.41) is 12.2. The third-order valence-corrected chi connectivity index (χ3v) is 6.14. The van der Waals surface area contributed by atoms with Gasteiger partial charge in [-0.05, 0) is 17.5 Å². The third-order valence-electron chi connectivity index (χ3n) is 4.76. The summed E-state index contributed by atoms with van der Waals surface area (Å²) in [5.74, 6) is -0.424. The van der Waals surface area contributed by atoms with Crippen molar-refractivity contribution in [3.63, 3.8) is 0 Å². The van der Waals surface area contributed by atoms with Crippen LogP contribution in [0.3, 0.4) is 0 Å². The molecule has 7 nitrogen and oxygen atoms in total. The molecule has 0 saturated carbocycles. The highest BCUT2D eigenvalue weighted by Gasteiger charge is 2.34. The van der Waals surface area contributed by atoms with Crippen LogP contribution in [0.25, 0.3) is 0 Å². The molecule has 0 spiro atoms. The van der Waals surface area contributed by atoms with Gasteiger partial charge in [-0.25, -0.2) is 4.79 Å². The first kappa shape index (κ1) is 21.0. The lowest BCUT2D eigenvalue weighted by Crippen LogP contribution is -2.53. The minimum absolute atomic E-state index is 0.101. The number of aliphatic carboxylic acids is 1. The molecule has 1 fully saturated rings. The van der Waals surface area contributed by atoms with Crippen molar-refractivity contribution in [2.75, 3.05) is 18.1 Å². The Morgan fingerprint density at radius 2 is 1.76 bits per heavy atom. The summed E-state index contributed by atoms with van der Waals surface area (Å²) >= 11 is 0. The first-order chi connectivity index (χ1) is 14.0. The Morgan fingerprint density at radius 3 is 2.41 bits per heavy atom. The normalized spacial score (nSPS) is 22.4. The van der Waals surface area contributed by atoms with Crippen molar-refractivity contribution in [2.24, 2.45) is 0 Å². The average Bonchev–Trinajstić information content (AvgIpc) is 2.86. The molecule has 0 aliphatic carbocycles. The van der Waals surface area contributed by atoms with Gasteiger partial charge in [0.25, 0.3) is 0 Å². The number of alkyl carbamates (subject to hydrolysis) is 1. The zero-order valence-electron chi connectivity index (χ0n) is 15.9. The van der Waals surface area contributed by atoms with E-state index in [-0.39, 0.29) is 24.9 Å². The molecule has 0 bridgehead atoms. The number of nitrogens with zero attached hydrogens (tertiary/aromatic N) is 1. The van der Waals surface area contributed by atoms with E-state index in [4.69, 9.17) is 4.74 Å². The van der Waals surface area contributed by atoms with E-state index in [0.29, 0.717) is 12.2 Å². The van der Waals surface area contributed by atoms with E-state index in [9.17, 15) is 18.9 Å². The second kappa shape index (κ2) is 10.2. The Balaban J connectivity index is 1.76. The molecule has 1 amide bonds. The minimum atomic E-state index is -1.18. The maximum absolute atomic E-state index is 12.4. The Bertz CT molecular complexity index is 847. The molecule has 3 rings (SSSR count). The van der Waals surface area contributed by atoms with Gasteiger partial charge < -0.3 is 15.2 Å². The average molecular weight is 416 g/mol. The maximum Gasteiger partial charge on any atom is 0.408 e. The summed E-state index contributed by atoms with van der Waals surface area (Å²) in [7, 11) is -1.18. The molecule has 1 saturated heterocycles. The van der Waals surface area contributed by atoms with Crippen molar-refractivity contribution in [1.82, 2.24) is 10.2 Å². The standard InChI is InChI=1S/C21H24N2O5S/c24-20(25)13-23-18(17-9-5-2-6-10-17)11-12-29(27)15-19(23)22-21(26)28-14-16-7-3-1-4-8-16/h1-10,18-19H,11-15H2,(H,22,26)(H,24,25). The molecule has 1 heterocycles. The van der Waals surface area contributed by atoms with Gasteiger partial charge in [-0.15, -0.1) is 0 Å². The van der Waals surface area contributed by atoms with Crippen LogP contribution in [0.1, 0.15) is 23.6 Å². The Hall–Kier alpha value is -2.71. The van der Waals surface area contributed by atoms with Gasteiger partial charge in [0.15, 0.2) is 0 Å². The first-order valence-electron chi connectivity index (χ1n) is 9.37. The zero-order valence-corrected chi connectivity index (χ0v) is 16.7. The van der Waals surface area contributed by atoms with Gasteiger partial charge in [0.05, 0.1) is 18.5 Å². The highest BCUT2D eigenvalue weighted by Crippen LogP contribution is 2.29. The monoisotopic (exact) mass is 416 g/mol. The van der Waals surface area contributed by atoms with Gasteiger partial charge in [0.2, 0.25) is 0 Å². The van der Waals surface area contributed by atoms with Gasteiger partial charge >= 0.3 is 12.1 Å². The molecule has 1 aliphatic rings. The first-order valence-corrected chi connectivity index (χ1v) is 10.9. The van der Waals surface area contributed by atoms with Gasteiger partial charge in [-0.1, -0.05) is 60.7 Å². The molecular formula is C21H24N2O5S. The highest BCUT2D eigenvalue weighted by molar-refractivity contribution is 7.85. The lowest BCUT2D eigenvalue weighted by atomic mass is 10.0. The number of hydrogen-bond donors (Lipinski definition) is 2. The zero-order chi connectivity index (χ0) is 20.6. The van der Waals surface area contributed by atoms with Crippen LogP contribution >= 0.6 is 0 Å².